The van der Waals surface area contributed by atoms with Crippen LogP contribution in [0.15, 0.2) is 30.5 Å². The van der Waals surface area contributed by atoms with Crippen LogP contribution in [-0.4, -0.2) is 40.1 Å². The van der Waals surface area contributed by atoms with Crippen molar-refractivity contribution >= 4 is 16.8 Å². The molecule has 1 N–H and O–H groups in total. The molecule has 1 aliphatic heterocycles. The van der Waals surface area contributed by atoms with Crippen LogP contribution in [0.25, 0.3) is 10.9 Å². The van der Waals surface area contributed by atoms with Gasteiger partial charge in [0.1, 0.15) is 0 Å². The molecular weight excluding hydrogens is 240 g/mol. The van der Waals surface area contributed by atoms with Gasteiger partial charge in [-0.2, -0.15) is 0 Å². The second-order valence-electron chi connectivity index (χ2n) is 5.11. The Bertz CT molecular complexity index is 639. The van der Waals surface area contributed by atoms with Crippen molar-refractivity contribution in [1.82, 2.24) is 9.88 Å². The zero-order chi connectivity index (χ0) is 13.4. The summed E-state index contributed by atoms with van der Waals surface area (Å²) in [6, 6.07) is 7.87. The number of pyridine rings is 1. The van der Waals surface area contributed by atoms with Crippen molar-refractivity contribution in [3.8, 4) is 0 Å². The van der Waals surface area contributed by atoms with Crippen molar-refractivity contribution < 1.29 is 9.90 Å². The molecule has 0 aliphatic carbocycles. The first-order chi connectivity index (χ1) is 9.13. The first-order valence-electron chi connectivity index (χ1n) is 6.47. The van der Waals surface area contributed by atoms with Gasteiger partial charge in [-0.25, -0.2) is 0 Å². The van der Waals surface area contributed by atoms with Gasteiger partial charge < -0.3 is 10.0 Å². The third-order valence-electron chi connectivity index (χ3n) is 3.53. The molecule has 1 atom stereocenters. The van der Waals surface area contributed by atoms with E-state index in [9.17, 15) is 9.90 Å². The van der Waals surface area contributed by atoms with Crippen LogP contribution in [0, 0.1) is 6.92 Å². The number of nitrogens with zero attached hydrogens (tertiary/aromatic N) is 2. The summed E-state index contributed by atoms with van der Waals surface area (Å²) in [5.41, 5.74) is 2.63. The van der Waals surface area contributed by atoms with E-state index in [2.05, 4.69) is 4.98 Å². The number of likely N-dealkylation sites (tertiary alicyclic amines) is 1. The molecule has 0 unspecified atom stereocenters. The molecule has 4 nitrogen and oxygen atoms in total. The third kappa shape index (κ3) is 2.31. The van der Waals surface area contributed by atoms with Crippen molar-refractivity contribution in [3.63, 3.8) is 0 Å². The topological polar surface area (TPSA) is 53.4 Å². The number of β-amino-alcohol motifs (C(OH)–C–C–N with tert-alkyl or cyclic N) is 1. The highest BCUT2D eigenvalue weighted by Crippen LogP contribution is 2.18. The number of benzene rings is 1. The van der Waals surface area contributed by atoms with Gasteiger partial charge >= 0.3 is 0 Å². The summed E-state index contributed by atoms with van der Waals surface area (Å²) in [6.07, 6.45) is 1.89. The third-order valence-corrected chi connectivity index (χ3v) is 3.53. The van der Waals surface area contributed by atoms with E-state index in [0.29, 0.717) is 25.1 Å². The fourth-order valence-corrected chi connectivity index (χ4v) is 2.48. The normalized spacial score (nSPS) is 19.1. The molecule has 0 radical (unpaired) electrons. The first-order valence-corrected chi connectivity index (χ1v) is 6.47. The predicted molar refractivity (Wildman–Crippen MR) is 73.0 cm³/mol. The van der Waals surface area contributed by atoms with Crippen molar-refractivity contribution in [2.75, 3.05) is 13.1 Å². The quantitative estimate of drug-likeness (QED) is 0.845. The number of aromatic nitrogens is 1. The Hall–Kier alpha value is -1.94. The van der Waals surface area contributed by atoms with Crippen molar-refractivity contribution in [2.24, 2.45) is 0 Å². The van der Waals surface area contributed by atoms with E-state index in [1.165, 1.54) is 0 Å². The number of fused-ring (bicyclic) bond motifs is 1. The molecule has 2 aromatic rings. The zero-order valence-corrected chi connectivity index (χ0v) is 10.8. The molecule has 0 bridgehead atoms. The van der Waals surface area contributed by atoms with E-state index in [-0.39, 0.29) is 12.0 Å². The average Bonchev–Trinajstić information content (AvgIpc) is 2.83. The van der Waals surface area contributed by atoms with Gasteiger partial charge in [-0.1, -0.05) is 11.6 Å². The van der Waals surface area contributed by atoms with Gasteiger partial charge in [0.05, 0.1) is 17.2 Å². The van der Waals surface area contributed by atoms with Gasteiger partial charge in [-0.05, 0) is 31.5 Å². The molecule has 1 fully saturated rings. The number of carbonyl (C=O) groups excluding carboxylic acids is 1. The summed E-state index contributed by atoms with van der Waals surface area (Å²) >= 11 is 0. The Morgan fingerprint density at radius 2 is 2.26 bits per heavy atom. The van der Waals surface area contributed by atoms with Crippen LogP contribution in [0.2, 0.25) is 0 Å². The number of carbonyl (C=O) groups is 1. The highest BCUT2D eigenvalue weighted by atomic mass is 16.3. The molecule has 4 heteroatoms. The monoisotopic (exact) mass is 256 g/mol. The van der Waals surface area contributed by atoms with Crippen molar-refractivity contribution in [1.29, 1.82) is 0 Å². The summed E-state index contributed by atoms with van der Waals surface area (Å²) in [7, 11) is 0. The SMILES string of the molecule is Cc1ccc2ncc(C(=O)N3CC[C@H](O)C3)cc2c1. The maximum absolute atomic E-state index is 12.3. The summed E-state index contributed by atoms with van der Waals surface area (Å²) in [5, 5.41) is 10.5. The molecular formula is C15H16N2O2. The molecule has 1 aromatic heterocycles. The lowest BCUT2D eigenvalue weighted by Gasteiger charge is -2.15. The molecule has 98 valence electrons. The van der Waals surface area contributed by atoms with Crippen LogP contribution >= 0.6 is 0 Å². The molecule has 2 heterocycles. The van der Waals surface area contributed by atoms with E-state index in [4.69, 9.17) is 0 Å². The number of amides is 1. The lowest BCUT2D eigenvalue weighted by atomic mass is 10.1. The summed E-state index contributed by atoms with van der Waals surface area (Å²) in [4.78, 5) is 18.3. The second-order valence-corrected chi connectivity index (χ2v) is 5.11. The number of aryl methyl sites for hydroxylation is 1. The highest BCUT2D eigenvalue weighted by molar-refractivity contribution is 5.97. The summed E-state index contributed by atoms with van der Waals surface area (Å²) in [5.74, 6) is -0.0487. The second kappa shape index (κ2) is 4.63. The standard InChI is InChI=1S/C15H16N2O2/c1-10-2-3-14-11(6-10)7-12(8-16-14)15(19)17-5-4-13(18)9-17/h2-3,6-8,13,18H,4-5,9H2,1H3/t13-/m0/s1. The minimum absolute atomic E-state index is 0.0487. The minimum atomic E-state index is -0.389. The molecule has 0 saturated carbocycles. The Morgan fingerprint density at radius 1 is 1.42 bits per heavy atom. The molecule has 1 amide bonds. The Labute approximate surface area is 111 Å². The van der Waals surface area contributed by atoms with Gasteiger partial charge in [0, 0.05) is 24.7 Å². The van der Waals surface area contributed by atoms with Gasteiger partial charge in [0.25, 0.3) is 5.91 Å². The molecule has 19 heavy (non-hydrogen) atoms. The zero-order valence-electron chi connectivity index (χ0n) is 10.8. The number of aliphatic hydroxyl groups is 1. The molecule has 3 rings (SSSR count). The Kier molecular flexibility index (Phi) is 2.95. The Morgan fingerprint density at radius 3 is 3.00 bits per heavy atom. The molecule has 1 aliphatic rings. The van der Waals surface area contributed by atoms with Gasteiger partial charge in [0.2, 0.25) is 0 Å². The maximum Gasteiger partial charge on any atom is 0.255 e. The molecule has 0 spiro atoms. The van der Waals surface area contributed by atoms with Gasteiger partial charge in [0.15, 0.2) is 0 Å². The number of rotatable bonds is 1. The van der Waals surface area contributed by atoms with Crippen LogP contribution < -0.4 is 0 Å². The molecule has 1 aromatic carbocycles. The van der Waals surface area contributed by atoms with Crippen LogP contribution in [0.4, 0.5) is 0 Å². The largest absolute Gasteiger partial charge is 0.391 e. The van der Waals surface area contributed by atoms with Gasteiger partial charge in [-0.3, -0.25) is 9.78 Å². The lowest BCUT2D eigenvalue weighted by molar-refractivity contribution is 0.0765. The van der Waals surface area contributed by atoms with E-state index >= 15 is 0 Å². The van der Waals surface area contributed by atoms with Crippen LogP contribution in [0.3, 0.4) is 0 Å². The fourth-order valence-electron chi connectivity index (χ4n) is 2.48. The predicted octanol–water partition coefficient (Wildman–Crippen LogP) is 1.75. The number of hydrogen-bond donors (Lipinski definition) is 1. The number of aliphatic hydroxyl groups excluding tert-OH is 1. The number of hydrogen-bond acceptors (Lipinski definition) is 3. The van der Waals surface area contributed by atoms with Crippen LogP contribution in [0.1, 0.15) is 22.3 Å². The summed E-state index contributed by atoms with van der Waals surface area (Å²) < 4.78 is 0. The van der Waals surface area contributed by atoms with Crippen molar-refractivity contribution in [3.05, 3.63) is 41.6 Å². The maximum atomic E-state index is 12.3. The average molecular weight is 256 g/mol. The summed E-state index contributed by atoms with van der Waals surface area (Å²) in [6.45, 7) is 3.06. The lowest BCUT2D eigenvalue weighted by Crippen LogP contribution is -2.29. The first kappa shape index (κ1) is 12.1. The van der Waals surface area contributed by atoms with Gasteiger partial charge in [-0.15, -0.1) is 0 Å². The smallest absolute Gasteiger partial charge is 0.255 e. The molecule has 1 saturated heterocycles. The minimum Gasteiger partial charge on any atom is -0.391 e. The highest BCUT2D eigenvalue weighted by Gasteiger charge is 2.25. The fraction of sp³-hybridized carbons (Fsp3) is 0.333. The van der Waals surface area contributed by atoms with Crippen LogP contribution in [0.5, 0.6) is 0 Å². The van der Waals surface area contributed by atoms with Crippen LogP contribution in [-0.2, 0) is 0 Å². The van der Waals surface area contributed by atoms with E-state index in [0.717, 1.165) is 16.5 Å². The van der Waals surface area contributed by atoms with E-state index in [1.54, 1.807) is 11.1 Å². The Balaban J connectivity index is 1.94. The van der Waals surface area contributed by atoms with E-state index < -0.39 is 0 Å². The van der Waals surface area contributed by atoms with E-state index in [1.807, 2.05) is 31.2 Å². The van der Waals surface area contributed by atoms with Crippen molar-refractivity contribution in [2.45, 2.75) is 19.4 Å².